The highest BCUT2D eigenvalue weighted by atomic mass is 32.1. The van der Waals surface area contributed by atoms with Gasteiger partial charge < -0.3 is 10.6 Å². The monoisotopic (exact) mass is 429 g/mol. The number of aromatic nitrogens is 7. The fourth-order valence-corrected chi connectivity index (χ4v) is 3.50. The number of amides is 1. The van der Waals surface area contributed by atoms with Gasteiger partial charge in [-0.15, -0.1) is 10.2 Å². The summed E-state index contributed by atoms with van der Waals surface area (Å²) < 4.78 is 5.54. The average Bonchev–Trinajstić information content (AvgIpc) is 3.49. The lowest BCUT2D eigenvalue weighted by atomic mass is 10.1. The van der Waals surface area contributed by atoms with Gasteiger partial charge in [0.15, 0.2) is 11.2 Å². The second-order valence-electron chi connectivity index (χ2n) is 6.53. The molecule has 0 aliphatic carbocycles. The first-order chi connectivity index (χ1) is 15.2. The molecule has 0 unspecified atom stereocenters. The van der Waals surface area contributed by atoms with Crippen molar-refractivity contribution in [1.82, 2.24) is 39.9 Å². The van der Waals surface area contributed by atoms with Crippen molar-refractivity contribution in [3.8, 4) is 16.9 Å². The normalized spacial score (nSPS) is 10.9. The average molecular weight is 429 g/mol. The zero-order chi connectivity index (χ0) is 21.2. The Hall–Kier alpha value is -4.25. The van der Waals surface area contributed by atoms with E-state index < -0.39 is 0 Å². The van der Waals surface area contributed by atoms with E-state index in [0.29, 0.717) is 28.4 Å². The predicted octanol–water partition coefficient (Wildman–Crippen LogP) is 2.83. The molecule has 5 aromatic rings. The summed E-state index contributed by atoms with van der Waals surface area (Å²) in [4.78, 5) is 20.7. The largest absolute Gasteiger partial charge is 0.355 e. The summed E-state index contributed by atoms with van der Waals surface area (Å²) in [7, 11) is 1.59. The summed E-state index contributed by atoms with van der Waals surface area (Å²) in [6, 6.07) is 14.8. The Labute approximate surface area is 180 Å². The zero-order valence-corrected chi connectivity index (χ0v) is 17.0. The van der Waals surface area contributed by atoms with Gasteiger partial charge in [-0.1, -0.05) is 27.9 Å². The minimum Gasteiger partial charge on any atom is -0.355 e. The first-order valence-corrected chi connectivity index (χ1v) is 10.1. The fraction of sp³-hybridized carbons (Fsp3) is 0.0500. The van der Waals surface area contributed by atoms with Crippen molar-refractivity contribution in [3.63, 3.8) is 0 Å². The number of fused-ring (bicyclic) bond motifs is 1. The number of hydrogen-bond acceptors (Lipinski definition) is 9. The van der Waals surface area contributed by atoms with Crippen LogP contribution < -0.4 is 10.6 Å². The van der Waals surface area contributed by atoms with Crippen molar-refractivity contribution in [2.24, 2.45) is 0 Å². The van der Waals surface area contributed by atoms with Gasteiger partial charge in [0.2, 0.25) is 5.95 Å². The molecule has 0 saturated carbocycles. The van der Waals surface area contributed by atoms with Gasteiger partial charge in [0.1, 0.15) is 5.69 Å². The van der Waals surface area contributed by atoms with Crippen molar-refractivity contribution in [1.29, 1.82) is 0 Å². The van der Waals surface area contributed by atoms with Crippen molar-refractivity contribution < 1.29 is 4.79 Å². The Morgan fingerprint density at radius 2 is 1.97 bits per heavy atom. The maximum Gasteiger partial charge on any atom is 0.251 e. The number of nitrogens with one attached hydrogen (secondary N) is 2. The molecule has 0 radical (unpaired) electrons. The third kappa shape index (κ3) is 3.69. The Morgan fingerprint density at radius 1 is 1.10 bits per heavy atom. The van der Waals surface area contributed by atoms with E-state index in [2.05, 4.69) is 40.5 Å². The van der Waals surface area contributed by atoms with Crippen LogP contribution in [0.15, 0.2) is 60.1 Å². The summed E-state index contributed by atoms with van der Waals surface area (Å²) in [5.41, 5.74) is 4.96. The summed E-state index contributed by atoms with van der Waals surface area (Å²) in [6.45, 7) is 0. The van der Waals surface area contributed by atoms with Gasteiger partial charge in [0, 0.05) is 29.2 Å². The van der Waals surface area contributed by atoms with Gasteiger partial charge in [0.05, 0.1) is 11.9 Å². The second-order valence-corrected chi connectivity index (χ2v) is 7.14. The number of hydrogen-bond donors (Lipinski definition) is 2. The predicted molar refractivity (Wildman–Crippen MR) is 116 cm³/mol. The van der Waals surface area contributed by atoms with Gasteiger partial charge in [0.25, 0.3) is 5.91 Å². The standard InChI is InChI=1S/C20H15N9OS/c1-21-19(30)13-3-2-4-14(9-13)23-20-22-10-16-18(24-20)29(27-25-16)15-7-5-12(6-8-15)17-11-31-28-26-17/h2-11H,1H3,(H,21,30)(H,22,23,24). The van der Waals surface area contributed by atoms with Crippen molar-refractivity contribution in [2.45, 2.75) is 0 Å². The topological polar surface area (TPSA) is 123 Å². The van der Waals surface area contributed by atoms with Gasteiger partial charge >= 0.3 is 0 Å². The van der Waals surface area contributed by atoms with Crippen molar-refractivity contribution in [2.75, 3.05) is 12.4 Å². The van der Waals surface area contributed by atoms with Gasteiger partial charge in [-0.05, 0) is 41.9 Å². The second kappa shape index (κ2) is 7.88. The minimum atomic E-state index is -0.167. The van der Waals surface area contributed by atoms with E-state index in [1.54, 1.807) is 36.1 Å². The maximum atomic E-state index is 11.9. The van der Waals surface area contributed by atoms with E-state index in [4.69, 9.17) is 0 Å². The molecule has 31 heavy (non-hydrogen) atoms. The molecule has 0 bridgehead atoms. The van der Waals surface area contributed by atoms with Gasteiger partial charge in [-0.25, -0.2) is 4.98 Å². The van der Waals surface area contributed by atoms with Crippen LogP contribution in [0.1, 0.15) is 10.4 Å². The molecule has 0 aliphatic rings. The lowest BCUT2D eigenvalue weighted by Crippen LogP contribution is -2.17. The van der Waals surface area contributed by atoms with Crippen molar-refractivity contribution in [3.05, 3.63) is 65.7 Å². The molecule has 0 saturated heterocycles. The molecule has 0 atom stereocenters. The van der Waals surface area contributed by atoms with Crippen LogP contribution in [0.5, 0.6) is 0 Å². The third-order valence-electron chi connectivity index (χ3n) is 4.57. The molecule has 2 N–H and O–H groups in total. The highest BCUT2D eigenvalue weighted by Crippen LogP contribution is 2.22. The molecule has 3 heterocycles. The van der Waals surface area contributed by atoms with Crippen LogP contribution in [0.3, 0.4) is 0 Å². The molecule has 11 heteroatoms. The molecule has 5 rings (SSSR count). The van der Waals surface area contributed by atoms with E-state index in [1.165, 1.54) is 11.5 Å². The summed E-state index contributed by atoms with van der Waals surface area (Å²) in [5.74, 6) is 0.203. The number of rotatable bonds is 5. The minimum absolute atomic E-state index is 0.167. The maximum absolute atomic E-state index is 11.9. The molecule has 0 aliphatic heterocycles. The fourth-order valence-electron chi connectivity index (χ4n) is 3.04. The smallest absolute Gasteiger partial charge is 0.251 e. The summed E-state index contributed by atoms with van der Waals surface area (Å²) in [5, 5.41) is 20.1. The Kier molecular flexibility index (Phi) is 4.77. The molecule has 0 spiro atoms. The number of anilines is 2. The molecule has 3 aromatic heterocycles. The Bertz CT molecular complexity index is 1360. The van der Waals surface area contributed by atoms with E-state index >= 15 is 0 Å². The Balaban J connectivity index is 1.46. The van der Waals surface area contributed by atoms with Crippen LogP contribution in [0.2, 0.25) is 0 Å². The number of benzene rings is 2. The molecule has 0 fully saturated rings. The molecule has 1 amide bonds. The number of carbonyl (C=O) groups excluding carboxylic acids is 1. The molecule has 10 nitrogen and oxygen atoms in total. The highest BCUT2D eigenvalue weighted by Gasteiger charge is 2.12. The highest BCUT2D eigenvalue weighted by molar-refractivity contribution is 7.03. The lowest BCUT2D eigenvalue weighted by molar-refractivity contribution is 0.0963. The molecular formula is C20H15N9OS. The molecule has 2 aromatic carbocycles. The first kappa shape index (κ1) is 18.8. The van der Waals surface area contributed by atoms with Crippen LogP contribution in [-0.4, -0.2) is 47.5 Å². The van der Waals surface area contributed by atoms with Crippen LogP contribution in [0, 0.1) is 0 Å². The Morgan fingerprint density at radius 3 is 2.74 bits per heavy atom. The SMILES string of the molecule is CNC(=O)c1cccc(Nc2ncc3nnn(-c4ccc(-c5csnn5)cc4)c3n2)c1. The van der Waals surface area contributed by atoms with Crippen LogP contribution >= 0.6 is 11.5 Å². The lowest BCUT2D eigenvalue weighted by Gasteiger charge is -2.07. The third-order valence-corrected chi connectivity index (χ3v) is 5.07. The van der Waals surface area contributed by atoms with E-state index in [-0.39, 0.29) is 5.91 Å². The van der Waals surface area contributed by atoms with Crippen LogP contribution in [-0.2, 0) is 0 Å². The van der Waals surface area contributed by atoms with E-state index in [0.717, 1.165) is 16.9 Å². The van der Waals surface area contributed by atoms with Crippen LogP contribution in [0.4, 0.5) is 11.6 Å². The van der Waals surface area contributed by atoms with Crippen molar-refractivity contribution >= 4 is 40.2 Å². The number of nitrogens with zero attached hydrogens (tertiary/aromatic N) is 7. The summed E-state index contributed by atoms with van der Waals surface area (Å²) in [6.07, 6.45) is 1.60. The first-order valence-electron chi connectivity index (χ1n) is 9.27. The number of carbonyl (C=O) groups is 1. The quantitative estimate of drug-likeness (QED) is 0.437. The summed E-state index contributed by atoms with van der Waals surface area (Å²) >= 11 is 1.31. The molecule has 152 valence electrons. The van der Waals surface area contributed by atoms with E-state index in [1.807, 2.05) is 35.7 Å². The zero-order valence-electron chi connectivity index (χ0n) is 16.2. The van der Waals surface area contributed by atoms with Gasteiger partial charge in [-0.3, -0.25) is 4.79 Å². The van der Waals surface area contributed by atoms with E-state index in [9.17, 15) is 4.79 Å². The van der Waals surface area contributed by atoms with Crippen LogP contribution in [0.25, 0.3) is 28.1 Å². The van der Waals surface area contributed by atoms with Gasteiger partial charge in [-0.2, -0.15) is 9.67 Å². The molecular weight excluding hydrogens is 414 g/mol.